The van der Waals surface area contributed by atoms with E-state index in [1.807, 2.05) is 11.6 Å². The molecule has 0 N–H and O–H groups in total. The molecule has 0 aliphatic rings. The van der Waals surface area contributed by atoms with E-state index in [2.05, 4.69) is 0 Å². The molecule has 0 radical (unpaired) electrons. The Kier molecular flexibility index (Phi) is 2.49. The molecule has 2 aromatic rings. The highest BCUT2D eigenvalue weighted by Gasteiger charge is 2.10. The Hall–Kier alpha value is -0.250. The molecular weight excluding hydrogens is 227 g/mol. The number of thiophene rings is 1. The minimum absolute atomic E-state index is 0.237. The Morgan fingerprint density at radius 1 is 1.54 bits per heavy atom. The highest BCUT2D eigenvalue weighted by atomic mass is 35.5. The van der Waals surface area contributed by atoms with Crippen LogP contribution in [0.25, 0.3) is 10.1 Å². The highest BCUT2D eigenvalue weighted by Crippen LogP contribution is 2.37. The second kappa shape index (κ2) is 3.48. The zero-order valence-corrected chi connectivity index (χ0v) is 9.19. The van der Waals surface area contributed by atoms with Crippen molar-refractivity contribution in [1.29, 1.82) is 0 Å². The first-order valence-electron chi connectivity index (χ1n) is 3.63. The number of halogens is 2. The molecule has 0 aliphatic carbocycles. The zero-order chi connectivity index (χ0) is 9.42. The summed E-state index contributed by atoms with van der Waals surface area (Å²) < 4.78 is 14.3. The number of thioether (sulfide) groups is 1. The first kappa shape index (κ1) is 9.31. The van der Waals surface area contributed by atoms with Gasteiger partial charge in [0, 0.05) is 10.3 Å². The standard InChI is InChI=1S/C9H6ClFS2/c1-12-9-6(10)4-7(11)5-2-3-13-8(5)9/h2-4H,1H3. The van der Waals surface area contributed by atoms with Gasteiger partial charge in [0.2, 0.25) is 0 Å². The zero-order valence-electron chi connectivity index (χ0n) is 6.80. The quantitative estimate of drug-likeness (QED) is 0.656. The smallest absolute Gasteiger partial charge is 0.133 e. The van der Waals surface area contributed by atoms with Crippen molar-refractivity contribution < 1.29 is 4.39 Å². The predicted molar refractivity (Wildman–Crippen MR) is 58.6 cm³/mol. The van der Waals surface area contributed by atoms with Crippen molar-refractivity contribution in [2.75, 3.05) is 6.26 Å². The number of fused-ring (bicyclic) bond motifs is 1. The van der Waals surface area contributed by atoms with Gasteiger partial charge in [0.15, 0.2) is 0 Å². The first-order valence-corrected chi connectivity index (χ1v) is 6.11. The van der Waals surface area contributed by atoms with E-state index in [1.54, 1.807) is 17.8 Å². The molecule has 0 bridgehead atoms. The van der Waals surface area contributed by atoms with Gasteiger partial charge < -0.3 is 0 Å². The molecule has 2 rings (SSSR count). The third-order valence-electron chi connectivity index (χ3n) is 1.80. The lowest BCUT2D eigenvalue weighted by atomic mass is 10.2. The molecule has 0 amide bonds. The highest BCUT2D eigenvalue weighted by molar-refractivity contribution is 7.99. The Labute approximate surface area is 88.7 Å². The third-order valence-corrected chi connectivity index (χ3v) is 4.11. The molecule has 4 heteroatoms. The fraction of sp³-hybridized carbons (Fsp3) is 0.111. The van der Waals surface area contributed by atoms with Crippen LogP contribution in [0, 0.1) is 5.82 Å². The number of hydrogen-bond acceptors (Lipinski definition) is 2. The van der Waals surface area contributed by atoms with Crippen LogP contribution in [0.4, 0.5) is 4.39 Å². The van der Waals surface area contributed by atoms with Gasteiger partial charge in [-0.15, -0.1) is 23.1 Å². The third kappa shape index (κ3) is 1.45. The van der Waals surface area contributed by atoms with Crippen molar-refractivity contribution in [3.8, 4) is 0 Å². The van der Waals surface area contributed by atoms with Crippen molar-refractivity contribution >= 4 is 44.8 Å². The topological polar surface area (TPSA) is 0 Å². The van der Waals surface area contributed by atoms with Crippen molar-refractivity contribution in [2.24, 2.45) is 0 Å². The van der Waals surface area contributed by atoms with Gasteiger partial charge in [0.05, 0.1) is 9.72 Å². The van der Waals surface area contributed by atoms with Gasteiger partial charge in [-0.2, -0.15) is 0 Å². The summed E-state index contributed by atoms with van der Waals surface area (Å²) >= 11 is 8.98. The summed E-state index contributed by atoms with van der Waals surface area (Å²) in [5, 5.41) is 3.04. The Morgan fingerprint density at radius 3 is 3.00 bits per heavy atom. The van der Waals surface area contributed by atoms with Crippen LogP contribution in [0.1, 0.15) is 0 Å². The molecule has 0 aliphatic heterocycles. The molecule has 0 nitrogen and oxygen atoms in total. The lowest BCUT2D eigenvalue weighted by Gasteiger charge is -2.02. The fourth-order valence-corrected chi connectivity index (χ4v) is 3.50. The van der Waals surface area contributed by atoms with E-state index in [-0.39, 0.29) is 5.82 Å². The molecule has 0 saturated carbocycles. The lowest BCUT2D eigenvalue weighted by molar-refractivity contribution is 0.639. The molecule has 1 heterocycles. The van der Waals surface area contributed by atoms with Gasteiger partial charge in [0.25, 0.3) is 0 Å². The fourth-order valence-electron chi connectivity index (χ4n) is 1.23. The number of benzene rings is 1. The van der Waals surface area contributed by atoms with Gasteiger partial charge in [-0.3, -0.25) is 0 Å². The van der Waals surface area contributed by atoms with Crippen molar-refractivity contribution in [3.63, 3.8) is 0 Å². The van der Waals surface area contributed by atoms with Crippen molar-refractivity contribution in [3.05, 3.63) is 28.4 Å². The summed E-state index contributed by atoms with van der Waals surface area (Å²) in [6, 6.07) is 3.16. The molecule has 13 heavy (non-hydrogen) atoms. The summed E-state index contributed by atoms with van der Waals surface area (Å²) in [4.78, 5) is 0.966. The molecule has 0 saturated heterocycles. The largest absolute Gasteiger partial charge is 0.206 e. The SMILES string of the molecule is CSc1c(Cl)cc(F)c2ccsc12. The summed E-state index contributed by atoms with van der Waals surface area (Å²) in [5.41, 5.74) is 0. The number of hydrogen-bond donors (Lipinski definition) is 0. The number of rotatable bonds is 1. The summed E-state index contributed by atoms with van der Waals surface area (Å²) in [5.74, 6) is -0.237. The molecule has 68 valence electrons. The Morgan fingerprint density at radius 2 is 2.31 bits per heavy atom. The summed E-state index contributed by atoms with van der Waals surface area (Å²) in [6.07, 6.45) is 1.94. The predicted octanol–water partition coefficient (Wildman–Crippen LogP) is 4.42. The monoisotopic (exact) mass is 232 g/mol. The average molecular weight is 233 g/mol. The van der Waals surface area contributed by atoms with E-state index in [0.29, 0.717) is 10.4 Å². The maximum atomic E-state index is 13.3. The van der Waals surface area contributed by atoms with Gasteiger partial charge in [0.1, 0.15) is 5.82 Å². The van der Waals surface area contributed by atoms with E-state index in [1.165, 1.54) is 17.4 Å². The van der Waals surface area contributed by atoms with Crippen LogP contribution in [-0.4, -0.2) is 6.26 Å². The van der Waals surface area contributed by atoms with Gasteiger partial charge in [-0.1, -0.05) is 11.6 Å². The summed E-state index contributed by atoms with van der Waals surface area (Å²) in [7, 11) is 0. The molecule has 0 unspecified atom stereocenters. The van der Waals surface area contributed by atoms with E-state index < -0.39 is 0 Å². The van der Waals surface area contributed by atoms with Crippen molar-refractivity contribution in [1.82, 2.24) is 0 Å². The summed E-state index contributed by atoms with van der Waals surface area (Å²) in [6.45, 7) is 0. The molecule has 1 aromatic carbocycles. The first-order chi connectivity index (χ1) is 6.24. The molecular formula is C9H6ClFS2. The molecule has 1 aromatic heterocycles. The molecule has 0 atom stereocenters. The van der Waals surface area contributed by atoms with Gasteiger partial charge in [-0.25, -0.2) is 4.39 Å². The Bertz CT molecular complexity index is 450. The lowest BCUT2D eigenvalue weighted by Crippen LogP contribution is -1.79. The van der Waals surface area contributed by atoms with E-state index in [9.17, 15) is 4.39 Å². The maximum Gasteiger partial charge on any atom is 0.133 e. The van der Waals surface area contributed by atoms with Crippen LogP contribution < -0.4 is 0 Å². The minimum Gasteiger partial charge on any atom is -0.206 e. The van der Waals surface area contributed by atoms with Crippen LogP contribution in [0.15, 0.2) is 22.4 Å². The van der Waals surface area contributed by atoms with Crippen molar-refractivity contribution in [2.45, 2.75) is 4.90 Å². The van der Waals surface area contributed by atoms with Crippen LogP contribution in [0.3, 0.4) is 0 Å². The second-order valence-corrected chi connectivity index (χ2v) is 4.68. The van der Waals surface area contributed by atoms with Crippen LogP contribution in [0.2, 0.25) is 5.02 Å². The Balaban J connectivity index is 2.88. The normalized spacial score (nSPS) is 11.0. The van der Waals surface area contributed by atoms with E-state index in [4.69, 9.17) is 11.6 Å². The second-order valence-electron chi connectivity index (χ2n) is 2.54. The maximum absolute atomic E-state index is 13.3. The van der Waals surface area contributed by atoms with E-state index >= 15 is 0 Å². The van der Waals surface area contributed by atoms with Gasteiger partial charge in [-0.05, 0) is 23.8 Å². The average Bonchev–Trinajstić information content (AvgIpc) is 2.53. The molecule has 0 spiro atoms. The van der Waals surface area contributed by atoms with Gasteiger partial charge >= 0.3 is 0 Å². The van der Waals surface area contributed by atoms with Crippen LogP contribution >= 0.6 is 34.7 Å². The van der Waals surface area contributed by atoms with Crippen LogP contribution in [0.5, 0.6) is 0 Å². The molecule has 0 fully saturated rings. The van der Waals surface area contributed by atoms with Crippen LogP contribution in [-0.2, 0) is 0 Å². The van der Waals surface area contributed by atoms with E-state index in [0.717, 1.165) is 9.60 Å². The minimum atomic E-state index is -0.237.